The molecule has 2 heterocycles. The van der Waals surface area contributed by atoms with Crippen molar-refractivity contribution >= 4 is 29.9 Å². The van der Waals surface area contributed by atoms with Crippen LogP contribution in [0.25, 0.3) is 0 Å². The fraction of sp³-hybridized carbons (Fsp3) is 0.667. The molecule has 1 spiro atoms. The monoisotopic (exact) mass is 469 g/mol. The molecular weight excluding hydrogens is 437 g/mol. The Kier molecular flexibility index (Phi) is 6.49. The lowest BCUT2D eigenvalue weighted by Crippen LogP contribution is -2.41. The van der Waals surface area contributed by atoms with E-state index in [2.05, 4.69) is 47.5 Å². The number of halogens is 1. The van der Waals surface area contributed by atoms with Crippen LogP contribution >= 0.6 is 24.0 Å². The fourth-order valence-corrected chi connectivity index (χ4v) is 4.35. The number of rotatable bonds is 5. The zero-order chi connectivity index (χ0) is 17.2. The molecule has 1 saturated carbocycles. The quantitative estimate of drug-likeness (QED) is 0.406. The summed E-state index contributed by atoms with van der Waals surface area (Å²) in [6.45, 7) is 8.12. The van der Waals surface area contributed by atoms with Crippen LogP contribution < -0.4 is 5.32 Å². The van der Waals surface area contributed by atoms with E-state index in [-0.39, 0.29) is 24.0 Å². The van der Waals surface area contributed by atoms with E-state index >= 15 is 0 Å². The van der Waals surface area contributed by atoms with Crippen molar-refractivity contribution in [2.24, 2.45) is 15.8 Å². The van der Waals surface area contributed by atoms with Gasteiger partial charge >= 0.3 is 0 Å². The van der Waals surface area contributed by atoms with E-state index in [4.69, 9.17) is 9.73 Å². The second-order valence-corrected chi connectivity index (χ2v) is 8.31. The summed E-state index contributed by atoms with van der Waals surface area (Å²) in [7, 11) is 0. The summed E-state index contributed by atoms with van der Waals surface area (Å²) < 4.78 is 5.67. The lowest BCUT2D eigenvalue weighted by atomic mass is 9.87. The zero-order valence-corrected chi connectivity index (χ0v) is 18.2. The predicted molar refractivity (Wildman–Crippen MR) is 117 cm³/mol. The lowest BCUT2D eigenvalue weighted by molar-refractivity contribution is 0.156. The minimum atomic E-state index is 0. The van der Waals surface area contributed by atoms with Crippen LogP contribution in [0.4, 0.5) is 0 Å². The molecule has 1 aromatic carbocycles. The maximum Gasteiger partial charge on any atom is 0.193 e. The average Bonchev–Trinajstić information content (AvgIpc) is 3.06. The van der Waals surface area contributed by atoms with Crippen molar-refractivity contribution in [3.8, 4) is 0 Å². The number of benzene rings is 1. The molecule has 5 heteroatoms. The Labute approximate surface area is 174 Å². The van der Waals surface area contributed by atoms with Crippen molar-refractivity contribution in [2.75, 3.05) is 39.4 Å². The third-order valence-electron chi connectivity index (χ3n) is 6.20. The summed E-state index contributed by atoms with van der Waals surface area (Å²) in [5.41, 5.74) is 2.23. The van der Waals surface area contributed by atoms with Crippen LogP contribution in [0.15, 0.2) is 35.3 Å². The maximum atomic E-state index is 5.67. The molecule has 1 aliphatic carbocycles. The van der Waals surface area contributed by atoms with Crippen LogP contribution in [-0.2, 0) is 11.2 Å². The summed E-state index contributed by atoms with van der Waals surface area (Å²) in [6, 6.07) is 10.9. The Hall–Kier alpha value is -0.820. The van der Waals surface area contributed by atoms with Gasteiger partial charge in [0, 0.05) is 38.2 Å². The lowest BCUT2D eigenvalue weighted by Gasteiger charge is -2.25. The molecule has 0 amide bonds. The fourth-order valence-electron chi connectivity index (χ4n) is 4.35. The highest BCUT2D eigenvalue weighted by atomic mass is 127. The number of nitrogens with one attached hydrogen (secondary N) is 1. The Bertz CT molecular complexity index is 609. The first-order chi connectivity index (χ1) is 12.2. The third kappa shape index (κ3) is 4.53. The standard InChI is InChI=1S/C21H31N3O.HI/c1-2-22-19(24-12-10-21(16-24)11-13-25-17-21)23-15-20(8-9-20)14-18-6-4-3-5-7-18;/h3-7H,2,8-17H2,1H3,(H,22,23);1H. The number of hydrogen-bond acceptors (Lipinski definition) is 2. The molecule has 4 nitrogen and oxygen atoms in total. The van der Waals surface area contributed by atoms with Gasteiger partial charge in [-0.05, 0) is 50.0 Å². The van der Waals surface area contributed by atoms with Gasteiger partial charge in [0.2, 0.25) is 0 Å². The van der Waals surface area contributed by atoms with Gasteiger partial charge in [0.05, 0.1) is 6.61 Å². The van der Waals surface area contributed by atoms with Crippen LogP contribution in [-0.4, -0.2) is 50.3 Å². The average molecular weight is 469 g/mol. The molecule has 1 aromatic rings. The minimum Gasteiger partial charge on any atom is -0.381 e. The summed E-state index contributed by atoms with van der Waals surface area (Å²) in [6.07, 6.45) is 6.23. The smallest absolute Gasteiger partial charge is 0.193 e. The molecule has 0 radical (unpaired) electrons. The topological polar surface area (TPSA) is 36.9 Å². The number of ether oxygens (including phenoxy) is 1. The molecule has 1 N–H and O–H groups in total. The van der Waals surface area contributed by atoms with Gasteiger partial charge in [0.25, 0.3) is 0 Å². The first-order valence-corrected chi connectivity index (χ1v) is 9.88. The minimum absolute atomic E-state index is 0. The molecule has 1 unspecified atom stereocenters. The molecule has 3 fully saturated rings. The van der Waals surface area contributed by atoms with E-state index in [1.165, 1.54) is 31.2 Å². The van der Waals surface area contributed by atoms with Crippen molar-refractivity contribution in [1.82, 2.24) is 10.2 Å². The SMILES string of the molecule is CCNC(=NCC1(Cc2ccccc2)CC1)N1CCC2(CCOC2)C1.I. The second kappa shape index (κ2) is 8.46. The highest BCUT2D eigenvalue weighted by Crippen LogP contribution is 2.48. The summed E-state index contributed by atoms with van der Waals surface area (Å²) in [5.74, 6) is 1.12. The van der Waals surface area contributed by atoms with Crippen molar-refractivity contribution in [3.05, 3.63) is 35.9 Å². The molecule has 1 atom stereocenters. The van der Waals surface area contributed by atoms with E-state index in [9.17, 15) is 0 Å². The van der Waals surface area contributed by atoms with Gasteiger partial charge in [0.15, 0.2) is 5.96 Å². The van der Waals surface area contributed by atoms with E-state index in [0.29, 0.717) is 10.8 Å². The molecule has 2 saturated heterocycles. The Balaban J connectivity index is 0.00000196. The van der Waals surface area contributed by atoms with Crippen LogP contribution in [0.2, 0.25) is 0 Å². The van der Waals surface area contributed by atoms with Crippen molar-refractivity contribution in [1.29, 1.82) is 0 Å². The van der Waals surface area contributed by atoms with Gasteiger partial charge < -0.3 is 15.0 Å². The van der Waals surface area contributed by atoms with Crippen LogP contribution in [0.5, 0.6) is 0 Å². The van der Waals surface area contributed by atoms with Crippen molar-refractivity contribution in [3.63, 3.8) is 0 Å². The first-order valence-electron chi connectivity index (χ1n) is 9.88. The number of hydrogen-bond donors (Lipinski definition) is 1. The summed E-state index contributed by atoms with van der Waals surface area (Å²) in [4.78, 5) is 7.54. The van der Waals surface area contributed by atoms with Gasteiger partial charge in [-0.3, -0.25) is 4.99 Å². The van der Waals surface area contributed by atoms with Crippen LogP contribution in [0, 0.1) is 10.8 Å². The van der Waals surface area contributed by atoms with Gasteiger partial charge in [-0.15, -0.1) is 24.0 Å². The van der Waals surface area contributed by atoms with E-state index in [0.717, 1.165) is 51.8 Å². The van der Waals surface area contributed by atoms with Crippen LogP contribution in [0.3, 0.4) is 0 Å². The highest BCUT2D eigenvalue weighted by molar-refractivity contribution is 14.0. The van der Waals surface area contributed by atoms with Gasteiger partial charge in [-0.2, -0.15) is 0 Å². The Morgan fingerprint density at radius 3 is 2.65 bits per heavy atom. The number of nitrogens with zero attached hydrogens (tertiary/aromatic N) is 2. The number of likely N-dealkylation sites (tertiary alicyclic amines) is 1. The zero-order valence-electron chi connectivity index (χ0n) is 15.9. The van der Waals surface area contributed by atoms with E-state index < -0.39 is 0 Å². The molecule has 26 heavy (non-hydrogen) atoms. The molecular formula is C21H32IN3O. The van der Waals surface area contributed by atoms with Gasteiger partial charge in [-0.25, -0.2) is 0 Å². The Morgan fingerprint density at radius 1 is 1.19 bits per heavy atom. The first kappa shape index (κ1) is 19.9. The molecule has 0 bridgehead atoms. The predicted octanol–water partition coefficient (Wildman–Crippen LogP) is 3.71. The Morgan fingerprint density at radius 2 is 2.00 bits per heavy atom. The van der Waals surface area contributed by atoms with Crippen molar-refractivity contribution in [2.45, 2.75) is 39.0 Å². The summed E-state index contributed by atoms with van der Waals surface area (Å²) in [5, 5.41) is 3.53. The van der Waals surface area contributed by atoms with Crippen molar-refractivity contribution < 1.29 is 4.74 Å². The highest BCUT2D eigenvalue weighted by Gasteiger charge is 2.44. The number of guanidine groups is 1. The molecule has 4 rings (SSSR count). The molecule has 144 valence electrons. The molecule has 0 aromatic heterocycles. The molecule has 3 aliphatic rings. The molecule has 2 aliphatic heterocycles. The van der Waals surface area contributed by atoms with Crippen LogP contribution in [0.1, 0.15) is 38.2 Å². The maximum absolute atomic E-state index is 5.67. The van der Waals surface area contributed by atoms with Gasteiger partial charge in [-0.1, -0.05) is 30.3 Å². The number of aliphatic imine (C=N–C) groups is 1. The third-order valence-corrected chi connectivity index (χ3v) is 6.20. The summed E-state index contributed by atoms with van der Waals surface area (Å²) >= 11 is 0. The second-order valence-electron chi connectivity index (χ2n) is 8.31. The van der Waals surface area contributed by atoms with E-state index in [1.54, 1.807) is 0 Å². The van der Waals surface area contributed by atoms with Gasteiger partial charge in [0.1, 0.15) is 0 Å². The largest absolute Gasteiger partial charge is 0.381 e. The van der Waals surface area contributed by atoms with E-state index in [1.807, 2.05) is 0 Å². The normalized spacial score (nSPS) is 26.8.